The monoisotopic (exact) mass is 313 g/mol. The molecular formula is C20H27NO2. The second-order valence-corrected chi connectivity index (χ2v) is 6.52. The lowest BCUT2D eigenvalue weighted by atomic mass is 9.82. The number of benzene rings is 1. The zero-order valence-corrected chi connectivity index (χ0v) is 14.5. The van der Waals surface area contributed by atoms with Crippen LogP contribution in [0.3, 0.4) is 0 Å². The van der Waals surface area contributed by atoms with Gasteiger partial charge in [0.25, 0.3) is 0 Å². The molecule has 0 bridgehead atoms. The van der Waals surface area contributed by atoms with E-state index in [1.54, 1.807) is 0 Å². The van der Waals surface area contributed by atoms with Crippen molar-refractivity contribution < 1.29 is 9.53 Å². The SMILES string of the molecule is CCCC(CC)C[C@H]1Cc2ccc(C#N)cc2[C@H]1C(=O)OCC. The van der Waals surface area contributed by atoms with Crippen molar-refractivity contribution >= 4 is 5.97 Å². The number of rotatable bonds is 7. The average molecular weight is 313 g/mol. The quantitative estimate of drug-likeness (QED) is 0.692. The highest BCUT2D eigenvalue weighted by atomic mass is 16.5. The van der Waals surface area contributed by atoms with E-state index in [4.69, 9.17) is 10.00 Å². The molecule has 0 saturated carbocycles. The Kier molecular flexibility index (Phi) is 6.21. The van der Waals surface area contributed by atoms with E-state index in [1.807, 2.05) is 25.1 Å². The van der Waals surface area contributed by atoms with Crippen molar-refractivity contribution in [2.75, 3.05) is 6.61 Å². The number of hydrogen-bond acceptors (Lipinski definition) is 3. The van der Waals surface area contributed by atoms with Gasteiger partial charge in [-0.1, -0.05) is 39.2 Å². The summed E-state index contributed by atoms with van der Waals surface area (Å²) in [5, 5.41) is 9.15. The molecular weight excluding hydrogens is 286 g/mol. The number of nitriles is 1. The Morgan fingerprint density at radius 1 is 1.39 bits per heavy atom. The van der Waals surface area contributed by atoms with Crippen LogP contribution < -0.4 is 0 Å². The summed E-state index contributed by atoms with van der Waals surface area (Å²) in [5.41, 5.74) is 2.84. The van der Waals surface area contributed by atoms with Crippen LogP contribution in [0.4, 0.5) is 0 Å². The lowest BCUT2D eigenvalue weighted by Crippen LogP contribution is -2.22. The van der Waals surface area contributed by atoms with E-state index in [9.17, 15) is 4.79 Å². The smallest absolute Gasteiger partial charge is 0.313 e. The maximum atomic E-state index is 12.5. The standard InChI is InChI=1S/C20H27NO2/c1-4-7-14(5-2)10-17-12-16-9-8-15(13-21)11-18(16)19(17)20(22)23-6-3/h8-9,11,14,17,19H,4-7,10,12H2,1-3H3/t14?,17-,19-/m0/s1. The molecule has 0 N–H and O–H groups in total. The van der Waals surface area contributed by atoms with Gasteiger partial charge in [-0.2, -0.15) is 5.26 Å². The molecule has 1 unspecified atom stereocenters. The Bertz CT molecular complexity index is 588. The van der Waals surface area contributed by atoms with Gasteiger partial charge in [0.05, 0.1) is 24.2 Å². The summed E-state index contributed by atoms with van der Waals surface area (Å²) in [4.78, 5) is 12.5. The number of nitrogens with zero attached hydrogens (tertiary/aromatic N) is 1. The van der Waals surface area contributed by atoms with Crippen molar-refractivity contribution in [2.24, 2.45) is 11.8 Å². The van der Waals surface area contributed by atoms with E-state index in [2.05, 4.69) is 19.9 Å². The van der Waals surface area contributed by atoms with Gasteiger partial charge in [0.1, 0.15) is 0 Å². The molecule has 1 aromatic rings. The van der Waals surface area contributed by atoms with Gasteiger partial charge in [0, 0.05) is 0 Å². The minimum absolute atomic E-state index is 0.127. The molecule has 0 aliphatic heterocycles. The van der Waals surface area contributed by atoms with Gasteiger partial charge >= 0.3 is 5.97 Å². The number of esters is 1. The molecule has 23 heavy (non-hydrogen) atoms. The fourth-order valence-corrected chi connectivity index (χ4v) is 3.89. The number of carbonyl (C=O) groups excluding carboxylic acids is 1. The highest BCUT2D eigenvalue weighted by molar-refractivity contribution is 5.80. The number of fused-ring (bicyclic) bond motifs is 1. The van der Waals surface area contributed by atoms with Crippen LogP contribution in [0.2, 0.25) is 0 Å². The van der Waals surface area contributed by atoms with Crippen LogP contribution in [0.25, 0.3) is 0 Å². The summed E-state index contributed by atoms with van der Waals surface area (Å²) in [7, 11) is 0. The lowest BCUT2D eigenvalue weighted by molar-refractivity contribution is -0.146. The Hall–Kier alpha value is -1.82. The Morgan fingerprint density at radius 2 is 2.17 bits per heavy atom. The first kappa shape index (κ1) is 17.5. The Labute approximate surface area is 139 Å². The summed E-state index contributed by atoms with van der Waals surface area (Å²) in [6.07, 6.45) is 5.53. The van der Waals surface area contributed by atoms with Gasteiger partial charge in [-0.05, 0) is 54.9 Å². The van der Waals surface area contributed by atoms with Crippen molar-refractivity contribution in [3.8, 4) is 6.07 Å². The summed E-state index contributed by atoms with van der Waals surface area (Å²) < 4.78 is 5.34. The molecule has 0 fully saturated rings. The van der Waals surface area contributed by atoms with Crippen LogP contribution in [0.15, 0.2) is 18.2 Å². The van der Waals surface area contributed by atoms with E-state index in [0.717, 1.165) is 24.8 Å². The van der Waals surface area contributed by atoms with Crippen molar-refractivity contribution in [3.05, 3.63) is 34.9 Å². The van der Waals surface area contributed by atoms with Crippen LogP contribution in [-0.4, -0.2) is 12.6 Å². The fourth-order valence-electron chi connectivity index (χ4n) is 3.89. The zero-order chi connectivity index (χ0) is 16.8. The first-order chi connectivity index (χ1) is 11.1. The minimum Gasteiger partial charge on any atom is -0.466 e. The number of ether oxygens (including phenoxy) is 1. The van der Waals surface area contributed by atoms with Crippen molar-refractivity contribution in [1.29, 1.82) is 5.26 Å². The normalized spacial score (nSPS) is 20.6. The van der Waals surface area contributed by atoms with Gasteiger partial charge in [0.15, 0.2) is 0 Å². The third-order valence-electron chi connectivity index (χ3n) is 5.01. The molecule has 2 rings (SSSR count). The van der Waals surface area contributed by atoms with Crippen LogP contribution >= 0.6 is 0 Å². The molecule has 0 saturated heterocycles. The topological polar surface area (TPSA) is 50.1 Å². The molecule has 3 nitrogen and oxygen atoms in total. The van der Waals surface area contributed by atoms with Crippen LogP contribution in [0.1, 0.15) is 69.1 Å². The van der Waals surface area contributed by atoms with E-state index in [0.29, 0.717) is 24.0 Å². The molecule has 0 spiro atoms. The predicted octanol–water partition coefficient (Wildman–Crippen LogP) is 4.59. The molecule has 1 aliphatic carbocycles. The highest BCUT2D eigenvalue weighted by Gasteiger charge is 2.39. The van der Waals surface area contributed by atoms with Crippen molar-refractivity contribution in [3.63, 3.8) is 0 Å². The molecule has 1 aliphatic rings. The maximum Gasteiger partial charge on any atom is 0.313 e. The molecule has 3 heteroatoms. The average Bonchev–Trinajstić information content (AvgIpc) is 2.91. The summed E-state index contributed by atoms with van der Waals surface area (Å²) in [6.45, 7) is 6.70. The minimum atomic E-state index is -0.204. The molecule has 0 aromatic heterocycles. The number of hydrogen-bond donors (Lipinski definition) is 0. The van der Waals surface area contributed by atoms with E-state index in [-0.39, 0.29) is 11.9 Å². The van der Waals surface area contributed by atoms with Crippen LogP contribution in [0, 0.1) is 23.2 Å². The highest BCUT2D eigenvalue weighted by Crippen LogP contribution is 2.43. The van der Waals surface area contributed by atoms with Gasteiger partial charge in [0.2, 0.25) is 0 Å². The van der Waals surface area contributed by atoms with Crippen LogP contribution in [0.5, 0.6) is 0 Å². The van der Waals surface area contributed by atoms with Crippen LogP contribution in [-0.2, 0) is 16.0 Å². The van der Waals surface area contributed by atoms with E-state index >= 15 is 0 Å². The van der Waals surface area contributed by atoms with E-state index in [1.165, 1.54) is 18.4 Å². The largest absolute Gasteiger partial charge is 0.466 e. The molecule has 0 heterocycles. The van der Waals surface area contributed by atoms with Gasteiger partial charge < -0.3 is 4.74 Å². The predicted molar refractivity (Wildman–Crippen MR) is 91.0 cm³/mol. The summed E-state index contributed by atoms with van der Waals surface area (Å²) >= 11 is 0. The van der Waals surface area contributed by atoms with Gasteiger partial charge in [-0.3, -0.25) is 4.79 Å². The number of carbonyl (C=O) groups is 1. The van der Waals surface area contributed by atoms with E-state index < -0.39 is 0 Å². The second kappa shape index (κ2) is 8.15. The van der Waals surface area contributed by atoms with Crippen molar-refractivity contribution in [1.82, 2.24) is 0 Å². The van der Waals surface area contributed by atoms with Gasteiger partial charge in [-0.15, -0.1) is 0 Å². The summed E-state index contributed by atoms with van der Waals surface area (Å²) in [6, 6.07) is 7.94. The third-order valence-corrected chi connectivity index (χ3v) is 5.01. The van der Waals surface area contributed by atoms with Gasteiger partial charge in [-0.25, -0.2) is 0 Å². The fraction of sp³-hybridized carbons (Fsp3) is 0.600. The maximum absolute atomic E-state index is 12.5. The molecule has 0 radical (unpaired) electrons. The molecule has 124 valence electrons. The van der Waals surface area contributed by atoms with Crippen molar-refractivity contribution in [2.45, 2.75) is 58.8 Å². The molecule has 3 atom stereocenters. The first-order valence-corrected chi connectivity index (χ1v) is 8.84. The Morgan fingerprint density at radius 3 is 2.78 bits per heavy atom. The lowest BCUT2D eigenvalue weighted by Gasteiger charge is -2.23. The Balaban J connectivity index is 2.28. The second-order valence-electron chi connectivity index (χ2n) is 6.52. The first-order valence-electron chi connectivity index (χ1n) is 8.84. The third kappa shape index (κ3) is 3.93. The molecule has 0 amide bonds. The summed E-state index contributed by atoms with van der Waals surface area (Å²) in [5.74, 6) is 0.628. The molecule has 1 aromatic carbocycles. The zero-order valence-electron chi connectivity index (χ0n) is 14.5.